The van der Waals surface area contributed by atoms with E-state index >= 15 is 0 Å². The Morgan fingerprint density at radius 2 is 2.38 bits per heavy atom. The molecule has 1 unspecified atom stereocenters. The average Bonchev–Trinajstić information content (AvgIpc) is 2.28. The summed E-state index contributed by atoms with van der Waals surface area (Å²) in [6.45, 7) is 4.52. The Labute approximate surface area is 108 Å². The molecule has 1 atom stereocenters. The molecule has 1 aromatic rings. The van der Waals surface area contributed by atoms with Gasteiger partial charge in [0.2, 0.25) is 0 Å². The van der Waals surface area contributed by atoms with Crippen LogP contribution in [0.1, 0.15) is 6.92 Å². The molecule has 0 bridgehead atoms. The molecule has 5 nitrogen and oxygen atoms in total. The highest BCUT2D eigenvalue weighted by atomic mass is 127. The number of aromatic nitrogens is 2. The topological polar surface area (TPSA) is 47.5 Å². The van der Waals surface area contributed by atoms with Crippen molar-refractivity contribution >= 4 is 28.4 Å². The monoisotopic (exact) mass is 335 g/mol. The highest BCUT2D eigenvalue weighted by Crippen LogP contribution is 2.19. The van der Waals surface area contributed by atoms with Gasteiger partial charge in [0, 0.05) is 19.2 Å². The molecule has 1 saturated heterocycles. The molecule has 0 aliphatic carbocycles. The van der Waals surface area contributed by atoms with E-state index in [-0.39, 0.29) is 6.10 Å². The zero-order valence-electron chi connectivity index (χ0n) is 9.31. The minimum Gasteiger partial charge on any atom is -0.467 e. The molecular weight excluding hydrogens is 321 g/mol. The van der Waals surface area contributed by atoms with E-state index in [1.54, 1.807) is 7.11 Å². The highest BCUT2D eigenvalue weighted by Gasteiger charge is 2.19. The van der Waals surface area contributed by atoms with E-state index < -0.39 is 0 Å². The third-order valence-corrected chi connectivity index (χ3v) is 2.96. The van der Waals surface area contributed by atoms with Gasteiger partial charge in [-0.1, -0.05) is 0 Å². The Kier molecular flexibility index (Phi) is 3.80. The van der Waals surface area contributed by atoms with Crippen molar-refractivity contribution < 1.29 is 9.47 Å². The van der Waals surface area contributed by atoms with Crippen molar-refractivity contribution in [3.05, 3.63) is 9.77 Å². The van der Waals surface area contributed by atoms with Crippen LogP contribution in [0, 0.1) is 3.70 Å². The predicted octanol–water partition coefficient (Wildman–Crippen LogP) is 1.31. The van der Waals surface area contributed by atoms with Crippen molar-refractivity contribution in [3.63, 3.8) is 0 Å². The SMILES string of the molecule is COc1nc(I)cc(N2CCOC(C)C2)n1. The number of hydrogen-bond donors (Lipinski definition) is 0. The van der Waals surface area contributed by atoms with E-state index in [9.17, 15) is 0 Å². The summed E-state index contributed by atoms with van der Waals surface area (Å²) in [5.41, 5.74) is 0. The lowest BCUT2D eigenvalue weighted by Crippen LogP contribution is -2.41. The van der Waals surface area contributed by atoms with Crippen LogP contribution in [0.2, 0.25) is 0 Å². The van der Waals surface area contributed by atoms with Crippen molar-refractivity contribution in [1.29, 1.82) is 0 Å². The Hall–Kier alpha value is -0.630. The zero-order chi connectivity index (χ0) is 11.5. The van der Waals surface area contributed by atoms with E-state index in [1.807, 2.05) is 6.07 Å². The van der Waals surface area contributed by atoms with Crippen molar-refractivity contribution in [1.82, 2.24) is 9.97 Å². The molecule has 0 aromatic carbocycles. The van der Waals surface area contributed by atoms with Gasteiger partial charge in [-0.3, -0.25) is 0 Å². The third-order valence-electron chi connectivity index (χ3n) is 2.41. The molecule has 0 amide bonds. The van der Waals surface area contributed by atoms with Gasteiger partial charge in [0.05, 0.1) is 19.8 Å². The van der Waals surface area contributed by atoms with Crippen LogP contribution in [0.4, 0.5) is 5.82 Å². The minimum atomic E-state index is 0.243. The summed E-state index contributed by atoms with van der Waals surface area (Å²) in [5, 5.41) is 0. The van der Waals surface area contributed by atoms with Crippen LogP contribution >= 0.6 is 22.6 Å². The molecule has 1 aliphatic rings. The number of morpholine rings is 1. The fraction of sp³-hybridized carbons (Fsp3) is 0.600. The number of methoxy groups -OCH3 is 1. The Morgan fingerprint density at radius 3 is 3.06 bits per heavy atom. The van der Waals surface area contributed by atoms with E-state index in [2.05, 4.69) is 44.4 Å². The van der Waals surface area contributed by atoms with Gasteiger partial charge in [-0.15, -0.1) is 0 Å². The molecular formula is C10H14IN3O2. The maximum atomic E-state index is 5.50. The van der Waals surface area contributed by atoms with Gasteiger partial charge >= 0.3 is 6.01 Å². The minimum absolute atomic E-state index is 0.243. The molecule has 0 saturated carbocycles. The molecule has 0 radical (unpaired) electrons. The second-order valence-electron chi connectivity index (χ2n) is 3.66. The molecule has 0 spiro atoms. The summed E-state index contributed by atoms with van der Waals surface area (Å²) in [5.74, 6) is 0.909. The first-order chi connectivity index (χ1) is 7.69. The third kappa shape index (κ3) is 2.73. The van der Waals surface area contributed by atoms with E-state index in [0.717, 1.165) is 29.2 Å². The first-order valence-corrected chi connectivity index (χ1v) is 6.22. The molecule has 2 rings (SSSR count). The fourth-order valence-corrected chi connectivity index (χ4v) is 2.15. The van der Waals surface area contributed by atoms with Crippen molar-refractivity contribution in [2.45, 2.75) is 13.0 Å². The number of rotatable bonds is 2. The normalized spacial score (nSPS) is 20.9. The molecule has 16 heavy (non-hydrogen) atoms. The maximum absolute atomic E-state index is 5.50. The van der Waals surface area contributed by atoms with Crippen molar-refractivity contribution in [3.8, 4) is 6.01 Å². The summed E-state index contributed by atoms with van der Waals surface area (Å²) >= 11 is 2.17. The van der Waals surface area contributed by atoms with Gasteiger partial charge in [-0.2, -0.15) is 9.97 Å². The predicted molar refractivity (Wildman–Crippen MR) is 68.9 cm³/mol. The molecule has 1 aromatic heterocycles. The van der Waals surface area contributed by atoms with Crippen molar-refractivity contribution in [2.24, 2.45) is 0 Å². The maximum Gasteiger partial charge on any atom is 0.319 e. The first-order valence-electron chi connectivity index (χ1n) is 5.14. The molecule has 0 N–H and O–H groups in total. The fourth-order valence-electron chi connectivity index (χ4n) is 1.67. The lowest BCUT2D eigenvalue weighted by atomic mass is 10.3. The van der Waals surface area contributed by atoms with Crippen LogP contribution in [0.3, 0.4) is 0 Å². The van der Waals surface area contributed by atoms with E-state index in [1.165, 1.54) is 0 Å². The number of halogens is 1. The number of ether oxygens (including phenoxy) is 2. The number of hydrogen-bond acceptors (Lipinski definition) is 5. The second kappa shape index (κ2) is 5.13. The lowest BCUT2D eigenvalue weighted by molar-refractivity contribution is 0.0529. The van der Waals surface area contributed by atoms with Crippen molar-refractivity contribution in [2.75, 3.05) is 31.7 Å². The van der Waals surface area contributed by atoms with Crippen LogP contribution in [0.5, 0.6) is 6.01 Å². The number of anilines is 1. The lowest BCUT2D eigenvalue weighted by Gasteiger charge is -2.32. The summed E-state index contributed by atoms with van der Waals surface area (Å²) in [6.07, 6.45) is 0.243. The quantitative estimate of drug-likeness (QED) is 0.603. The molecule has 88 valence electrons. The van der Waals surface area contributed by atoms with E-state index in [4.69, 9.17) is 9.47 Å². The molecule has 1 fully saturated rings. The Balaban J connectivity index is 2.21. The molecule has 6 heteroatoms. The van der Waals surface area contributed by atoms with Crippen LogP contribution in [-0.4, -0.2) is 42.9 Å². The number of nitrogens with zero attached hydrogens (tertiary/aromatic N) is 3. The summed E-state index contributed by atoms with van der Waals surface area (Å²) < 4.78 is 11.5. The summed E-state index contributed by atoms with van der Waals surface area (Å²) in [6, 6.07) is 2.38. The van der Waals surface area contributed by atoms with Gasteiger partial charge < -0.3 is 14.4 Å². The zero-order valence-corrected chi connectivity index (χ0v) is 11.5. The Bertz CT molecular complexity index is 375. The van der Waals surface area contributed by atoms with Crippen LogP contribution in [0.25, 0.3) is 0 Å². The highest BCUT2D eigenvalue weighted by molar-refractivity contribution is 14.1. The summed E-state index contributed by atoms with van der Waals surface area (Å²) in [7, 11) is 1.58. The van der Waals surface area contributed by atoms with Gasteiger partial charge in [-0.05, 0) is 29.5 Å². The first kappa shape index (κ1) is 11.8. The van der Waals surface area contributed by atoms with Gasteiger partial charge in [0.25, 0.3) is 0 Å². The van der Waals surface area contributed by atoms with Gasteiger partial charge in [0.1, 0.15) is 9.52 Å². The smallest absolute Gasteiger partial charge is 0.319 e. The van der Waals surface area contributed by atoms with Gasteiger partial charge in [-0.25, -0.2) is 0 Å². The largest absolute Gasteiger partial charge is 0.467 e. The Morgan fingerprint density at radius 1 is 1.56 bits per heavy atom. The molecule has 2 heterocycles. The van der Waals surface area contributed by atoms with Crippen LogP contribution in [0.15, 0.2) is 6.07 Å². The standard InChI is InChI=1S/C10H14IN3O2/c1-7-6-14(3-4-16-7)9-5-8(11)12-10(13-9)15-2/h5,7H,3-4,6H2,1-2H3. The van der Waals surface area contributed by atoms with Gasteiger partial charge in [0.15, 0.2) is 0 Å². The van der Waals surface area contributed by atoms with E-state index in [0.29, 0.717) is 6.01 Å². The molecule has 1 aliphatic heterocycles. The van der Waals surface area contributed by atoms with Crippen LogP contribution < -0.4 is 9.64 Å². The summed E-state index contributed by atoms with van der Waals surface area (Å²) in [4.78, 5) is 10.7. The average molecular weight is 335 g/mol. The second-order valence-corrected chi connectivity index (χ2v) is 4.77. The van der Waals surface area contributed by atoms with Crippen LogP contribution in [-0.2, 0) is 4.74 Å².